The Labute approximate surface area is 149 Å². The van der Waals surface area contributed by atoms with Gasteiger partial charge in [0.15, 0.2) is 23.4 Å². The van der Waals surface area contributed by atoms with Gasteiger partial charge in [0.25, 0.3) is 0 Å². The molecule has 3 N–H and O–H groups in total. The van der Waals surface area contributed by atoms with Crippen molar-refractivity contribution < 1.29 is 18.0 Å². The fraction of sp³-hybridized carbons (Fsp3) is 0.429. The number of anilines is 1. The molecule has 1 saturated carbocycles. The summed E-state index contributed by atoms with van der Waals surface area (Å²) in [5.74, 6) is -4.49. The number of carbonyl (C=O) groups is 1. The second-order valence-electron chi connectivity index (χ2n) is 4.88. The van der Waals surface area contributed by atoms with Crippen molar-refractivity contribution in [2.75, 3.05) is 18.4 Å². The van der Waals surface area contributed by atoms with E-state index in [9.17, 15) is 18.0 Å². The Hall–Kier alpha value is -1.52. The Kier molecular flexibility index (Phi) is 7.59. The van der Waals surface area contributed by atoms with Crippen LogP contribution in [0, 0.1) is 17.5 Å². The lowest BCUT2D eigenvalue weighted by molar-refractivity contribution is -0.114. The molecule has 0 atom stereocenters. The normalized spacial score (nSPS) is 14.0. The maximum atomic E-state index is 13.4. The van der Waals surface area contributed by atoms with Gasteiger partial charge >= 0.3 is 0 Å². The minimum atomic E-state index is -1.62. The van der Waals surface area contributed by atoms with Gasteiger partial charge in [0.1, 0.15) is 6.54 Å². The number of hydrogen-bond donors (Lipinski definition) is 3. The van der Waals surface area contributed by atoms with E-state index in [4.69, 9.17) is 0 Å². The molecule has 1 fully saturated rings. The maximum Gasteiger partial charge on any atom is 0.246 e. The van der Waals surface area contributed by atoms with Crippen molar-refractivity contribution in [3.05, 3.63) is 29.6 Å². The van der Waals surface area contributed by atoms with Gasteiger partial charge < -0.3 is 16.0 Å². The van der Waals surface area contributed by atoms with Gasteiger partial charge in [-0.25, -0.2) is 18.2 Å². The molecule has 0 spiro atoms. The number of amides is 1. The monoisotopic (exact) mass is 442 g/mol. The summed E-state index contributed by atoms with van der Waals surface area (Å²) < 4.78 is 39.3. The lowest BCUT2D eigenvalue weighted by Gasteiger charge is -2.10. The summed E-state index contributed by atoms with van der Waals surface area (Å²) in [5.41, 5.74) is -0.417. The number of rotatable bonds is 5. The zero-order valence-electron chi connectivity index (χ0n) is 12.5. The van der Waals surface area contributed by atoms with E-state index in [1.807, 2.05) is 6.92 Å². The van der Waals surface area contributed by atoms with Gasteiger partial charge in [-0.05, 0) is 31.9 Å². The number of nitrogens with zero attached hydrogens (tertiary/aromatic N) is 1. The summed E-state index contributed by atoms with van der Waals surface area (Å²) in [4.78, 5) is 15.8. The fourth-order valence-electron chi connectivity index (χ4n) is 1.70. The predicted molar refractivity (Wildman–Crippen MR) is 92.5 cm³/mol. The number of carbonyl (C=O) groups excluding carboxylic acids is 1. The zero-order valence-corrected chi connectivity index (χ0v) is 14.8. The van der Waals surface area contributed by atoms with Crippen LogP contribution in [-0.2, 0) is 4.79 Å². The molecule has 128 valence electrons. The quantitative estimate of drug-likeness (QED) is 0.284. The minimum Gasteiger partial charge on any atom is -0.357 e. The van der Waals surface area contributed by atoms with Gasteiger partial charge in [0.05, 0.1) is 5.69 Å². The lowest BCUT2D eigenvalue weighted by Crippen LogP contribution is -2.39. The topological polar surface area (TPSA) is 65.5 Å². The van der Waals surface area contributed by atoms with E-state index >= 15 is 0 Å². The van der Waals surface area contributed by atoms with E-state index in [0.29, 0.717) is 18.5 Å². The van der Waals surface area contributed by atoms with Crippen molar-refractivity contribution in [3.63, 3.8) is 0 Å². The molecule has 1 aromatic rings. The molecule has 0 heterocycles. The van der Waals surface area contributed by atoms with Crippen LogP contribution in [0.15, 0.2) is 17.1 Å². The van der Waals surface area contributed by atoms with E-state index in [1.165, 1.54) is 0 Å². The number of hydrogen-bond acceptors (Lipinski definition) is 2. The summed E-state index contributed by atoms with van der Waals surface area (Å²) in [6.07, 6.45) is 2.10. The summed E-state index contributed by atoms with van der Waals surface area (Å²) >= 11 is 0. The lowest BCUT2D eigenvalue weighted by atomic mass is 10.3. The van der Waals surface area contributed by atoms with Crippen LogP contribution in [0.5, 0.6) is 0 Å². The van der Waals surface area contributed by atoms with Crippen molar-refractivity contribution in [2.45, 2.75) is 25.8 Å². The molecule has 1 aliphatic carbocycles. The number of halogens is 4. The molecule has 1 amide bonds. The predicted octanol–water partition coefficient (Wildman–Crippen LogP) is 2.38. The standard InChI is InChI=1S/C14H17F3N4O.HI/c1-2-18-14(20-8-3-4-8)19-7-11(22)21-10-6-5-9(15)12(16)13(10)17;/h5-6,8H,2-4,7H2,1H3,(H,21,22)(H2,18,19,20);1H. The van der Waals surface area contributed by atoms with E-state index in [1.54, 1.807) is 0 Å². The molecule has 9 heteroatoms. The molecule has 23 heavy (non-hydrogen) atoms. The molecule has 0 aliphatic heterocycles. The molecule has 1 aromatic carbocycles. The Bertz CT molecular complexity index is 594. The first-order valence-corrected chi connectivity index (χ1v) is 6.99. The molecule has 0 unspecified atom stereocenters. The van der Waals surface area contributed by atoms with Crippen LogP contribution in [0.2, 0.25) is 0 Å². The third-order valence-corrected chi connectivity index (χ3v) is 2.95. The Balaban J connectivity index is 0.00000264. The largest absolute Gasteiger partial charge is 0.357 e. The number of benzene rings is 1. The third-order valence-electron chi connectivity index (χ3n) is 2.95. The molecule has 0 aromatic heterocycles. The Morgan fingerprint density at radius 1 is 1.26 bits per heavy atom. The highest BCUT2D eigenvalue weighted by atomic mass is 127. The van der Waals surface area contributed by atoms with E-state index in [2.05, 4.69) is 20.9 Å². The number of nitrogens with one attached hydrogen (secondary N) is 3. The van der Waals surface area contributed by atoms with Crippen LogP contribution in [0.3, 0.4) is 0 Å². The molecular weight excluding hydrogens is 424 g/mol. The van der Waals surface area contributed by atoms with Crippen molar-refractivity contribution >= 4 is 41.5 Å². The fourth-order valence-corrected chi connectivity index (χ4v) is 1.70. The first-order valence-electron chi connectivity index (χ1n) is 6.99. The summed E-state index contributed by atoms with van der Waals surface area (Å²) in [6, 6.07) is 2.07. The average molecular weight is 442 g/mol. The van der Waals surface area contributed by atoms with Crippen LogP contribution in [0.1, 0.15) is 19.8 Å². The first-order chi connectivity index (χ1) is 10.5. The van der Waals surface area contributed by atoms with Crippen LogP contribution in [-0.4, -0.2) is 31.0 Å². The summed E-state index contributed by atoms with van der Waals surface area (Å²) in [5, 5.41) is 8.25. The van der Waals surface area contributed by atoms with Gasteiger partial charge in [0.2, 0.25) is 5.91 Å². The second-order valence-corrected chi connectivity index (χ2v) is 4.88. The Morgan fingerprint density at radius 3 is 2.57 bits per heavy atom. The highest BCUT2D eigenvalue weighted by Crippen LogP contribution is 2.19. The molecule has 0 radical (unpaired) electrons. The molecular formula is C14H18F3IN4O. The highest BCUT2D eigenvalue weighted by Gasteiger charge is 2.22. The van der Waals surface area contributed by atoms with Gasteiger partial charge in [-0.3, -0.25) is 4.79 Å². The van der Waals surface area contributed by atoms with Crippen LogP contribution in [0.4, 0.5) is 18.9 Å². The molecule has 2 rings (SSSR count). The van der Waals surface area contributed by atoms with E-state index < -0.39 is 29.0 Å². The maximum absolute atomic E-state index is 13.4. The number of aliphatic imine (C=N–C) groups is 1. The molecule has 0 saturated heterocycles. The average Bonchev–Trinajstić information content (AvgIpc) is 3.30. The van der Waals surface area contributed by atoms with Crippen molar-refractivity contribution in [2.24, 2.45) is 4.99 Å². The van der Waals surface area contributed by atoms with Gasteiger partial charge in [-0.2, -0.15) is 0 Å². The van der Waals surface area contributed by atoms with E-state index in [-0.39, 0.29) is 30.5 Å². The third kappa shape index (κ3) is 5.88. The van der Waals surface area contributed by atoms with Crippen LogP contribution < -0.4 is 16.0 Å². The first kappa shape index (κ1) is 19.5. The molecule has 0 bridgehead atoms. The minimum absolute atomic E-state index is 0. The smallest absolute Gasteiger partial charge is 0.246 e. The van der Waals surface area contributed by atoms with Gasteiger partial charge in [-0.15, -0.1) is 24.0 Å². The molecule has 1 aliphatic rings. The summed E-state index contributed by atoms with van der Waals surface area (Å²) in [7, 11) is 0. The zero-order chi connectivity index (χ0) is 16.1. The Morgan fingerprint density at radius 2 is 1.96 bits per heavy atom. The van der Waals surface area contributed by atoms with Crippen molar-refractivity contribution in [3.8, 4) is 0 Å². The SMILES string of the molecule is CCNC(=NCC(=O)Nc1ccc(F)c(F)c1F)NC1CC1.I. The number of guanidine groups is 1. The highest BCUT2D eigenvalue weighted by molar-refractivity contribution is 14.0. The second kappa shape index (κ2) is 8.94. The molecule has 5 nitrogen and oxygen atoms in total. The van der Waals surface area contributed by atoms with Gasteiger partial charge in [0, 0.05) is 12.6 Å². The van der Waals surface area contributed by atoms with Crippen LogP contribution in [0.25, 0.3) is 0 Å². The van der Waals surface area contributed by atoms with E-state index in [0.717, 1.165) is 25.0 Å². The summed E-state index contributed by atoms with van der Waals surface area (Å²) in [6.45, 7) is 2.26. The van der Waals surface area contributed by atoms with Crippen LogP contribution >= 0.6 is 24.0 Å². The van der Waals surface area contributed by atoms with Crippen molar-refractivity contribution in [1.82, 2.24) is 10.6 Å². The van der Waals surface area contributed by atoms with Gasteiger partial charge in [-0.1, -0.05) is 0 Å². The van der Waals surface area contributed by atoms with Crippen molar-refractivity contribution in [1.29, 1.82) is 0 Å².